The Balaban J connectivity index is 1.52. The molecule has 4 nitrogen and oxygen atoms in total. The van der Waals surface area contributed by atoms with Crippen LogP contribution in [0.1, 0.15) is 26.2 Å². The predicted molar refractivity (Wildman–Crippen MR) is 108 cm³/mol. The third-order valence-corrected chi connectivity index (χ3v) is 5.92. The zero-order chi connectivity index (χ0) is 17.9. The van der Waals surface area contributed by atoms with Gasteiger partial charge >= 0.3 is 0 Å². The summed E-state index contributed by atoms with van der Waals surface area (Å²) in [7, 11) is 0. The number of nitrogens with zero attached hydrogens (tertiary/aromatic N) is 3. The molecule has 0 spiro atoms. The van der Waals surface area contributed by atoms with E-state index >= 15 is 0 Å². The molecule has 2 aromatic carbocycles. The first-order valence-corrected chi connectivity index (χ1v) is 10.0. The molecule has 2 saturated heterocycles. The summed E-state index contributed by atoms with van der Waals surface area (Å²) in [6.07, 6.45) is 3.76. The molecule has 26 heavy (non-hydrogen) atoms. The lowest BCUT2D eigenvalue weighted by molar-refractivity contribution is -0.119. The van der Waals surface area contributed by atoms with E-state index < -0.39 is 0 Å². The normalized spacial score (nSPS) is 21.5. The van der Waals surface area contributed by atoms with Gasteiger partial charge in [0, 0.05) is 24.5 Å². The van der Waals surface area contributed by atoms with Crippen molar-refractivity contribution in [1.82, 2.24) is 9.80 Å². The van der Waals surface area contributed by atoms with E-state index in [-0.39, 0.29) is 5.91 Å². The highest BCUT2D eigenvalue weighted by atomic mass is 16.2. The Morgan fingerprint density at radius 3 is 2.77 bits per heavy atom. The van der Waals surface area contributed by atoms with Crippen molar-refractivity contribution in [3.63, 3.8) is 0 Å². The smallest absolute Gasteiger partial charge is 0.241 e. The fourth-order valence-corrected chi connectivity index (χ4v) is 4.63. The number of carbonyl (C=O) groups excluding carboxylic acids is 1. The first-order valence-electron chi connectivity index (χ1n) is 10.0. The first-order chi connectivity index (χ1) is 12.8. The molecule has 0 N–H and O–H groups in total. The second kappa shape index (κ2) is 7.77. The highest BCUT2D eigenvalue weighted by Gasteiger charge is 2.30. The molecule has 2 aromatic rings. The molecule has 1 atom stereocenters. The standard InChI is InChI=1S/C22H29N3O/c1-2-25(21-12-5-9-18-8-3-4-11-20(18)21)22(26)17-23-13-7-15-24-14-6-10-19(24)16-23/h3-5,8-9,11-12,19H,2,6-7,10,13-17H2,1H3. The van der Waals surface area contributed by atoms with Gasteiger partial charge in [-0.25, -0.2) is 0 Å². The van der Waals surface area contributed by atoms with Crippen LogP contribution in [0.15, 0.2) is 42.5 Å². The number of amides is 1. The van der Waals surface area contributed by atoms with Crippen molar-refractivity contribution in [3.8, 4) is 0 Å². The average Bonchev–Trinajstić information content (AvgIpc) is 3.01. The topological polar surface area (TPSA) is 26.8 Å². The van der Waals surface area contributed by atoms with Gasteiger partial charge < -0.3 is 4.90 Å². The summed E-state index contributed by atoms with van der Waals surface area (Å²) in [4.78, 5) is 20.1. The molecule has 138 valence electrons. The predicted octanol–water partition coefficient (Wildman–Crippen LogP) is 3.36. The maximum atomic E-state index is 13.2. The lowest BCUT2D eigenvalue weighted by Gasteiger charge is -2.28. The minimum atomic E-state index is 0.218. The van der Waals surface area contributed by atoms with Crippen LogP contribution < -0.4 is 4.90 Å². The van der Waals surface area contributed by atoms with E-state index in [1.807, 2.05) is 11.0 Å². The summed E-state index contributed by atoms with van der Waals surface area (Å²) >= 11 is 0. The van der Waals surface area contributed by atoms with E-state index in [0.717, 1.165) is 24.2 Å². The molecule has 4 heteroatoms. The SMILES string of the molecule is CCN(C(=O)CN1CCCN2CCCC2C1)c1cccc2ccccc12. The van der Waals surface area contributed by atoms with Gasteiger partial charge in [0.05, 0.1) is 12.2 Å². The van der Waals surface area contributed by atoms with E-state index in [4.69, 9.17) is 0 Å². The Morgan fingerprint density at radius 2 is 1.88 bits per heavy atom. The molecule has 0 bridgehead atoms. The second-order valence-corrected chi connectivity index (χ2v) is 7.56. The third-order valence-electron chi connectivity index (χ3n) is 5.92. The van der Waals surface area contributed by atoms with Crippen molar-refractivity contribution in [3.05, 3.63) is 42.5 Å². The molecule has 0 aliphatic carbocycles. The Hall–Kier alpha value is -1.91. The van der Waals surface area contributed by atoms with Crippen LogP contribution in [0, 0.1) is 0 Å². The van der Waals surface area contributed by atoms with Gasteiger partial charge in [0.2, 0.25) is 5.91 Å². The molecule has 2 aliphatic rings. The van der Waals surface area contributed by atoms with E-state index in [9.17, 15) is 4.79 Å². The molecule has 0 aromatic heterocycles. The van der Waals surface area contributed by atoms with E-state index in [1.54, 1.807) is 0 Å². The van der Waals surface area contributed by atoms with Gasteiger partial charge in [0.1, 0.15) is 0 Å². The van der Waals surface area contributed by atoms with Crippen LogP contribution in [0.2, 0.25) is 0 Å². The van der Waals surface area contributed by atoms with Crippen molar-refractivity contribution in [2.24, 2.45) is 0 Å². The highest BCUT2D eigenvalue weighted by Crippen LogP contribution is 2.27. The minimum absolute atomic E-state index is 0.218. The fraction of sp³-hybridized carbons (Fsp3) is 0.500. The Kier molecular flexibility index (Phi) is 5.23. The molecular weight excluding hydrogens is 322 g/mol. The molecule has 2 heterocycles. The highest BCUT2D eigenvalue weighted by molar-refractivity contribution is 6.04. The minimum Gasteiger partial charge on any atom is -0.311 e. The van der Waals surface area contributed by atoms with Crippen LogP contribution in [0.3, 0.4) is 0 Å². The molecule has 4 rings (SSSR count). The number of rotatable bonds is 4. The van der Waals surface area contributed by atoms with Crippen LogP contribution in [-0.2, 0) is 4.79 Å². The maximum Gasteiger partial charge on any atom is 0.241 e. The van der Waals surface area contributed by atoms with E-state index in [2.05, 4.69) is 53.1 Å². The van der Waals surface area contributed by atoms with E-state index in [0.29, 0.717) is 19.1 Å². The van der Waals surface area contributed by atoms with Gasteiger partial charge in [-0.1, -0.05) is 36.4 Å². The van der Waals surface area contributed by atoms with Gasteiger partial charge in [0.25, 0.3) is 0 Å². The number of likely N-dealkylation sites (N-methyl/N-ethyl adjacent to an activating group) is 1. The Morgan fingerprint density at radius 1 is 1.08 bits per heavy atom. The Bertz CT molecular complexity index is 770. The summed E-state index contributed by atoms with van der Waals surface area (Å²) < 4.78 is 0. The lowest BCUT2D eigenvalue weighted by Crippen LogP contribution is -2.43. The third kappa shape index (κ3) is 3.49. The van der Waals surface area contributed by atoms with Gasteiger partial charge in [-0.2, -0.15) is 0 Å². The maximum absolute atomic E-state index is 13.2. The molecule has 0 saturated carbocycles. The number of benzene rings is 2. The van der Waals surface area contributed by atoms with Crippen LogP contribution in [0.25, 0.3) is 10.8 Å². The van der Waals surface area contributed by atoms with Gasteiger partial charge in [-0.05, 0) is 57.3 Å². The summed E-state index contributed by atoms with van der Waals surface area (Å²) in [6.45, 7) is 7.81. The van der Waals surface area contributed by atoms with Crippen LogP contribution in [0.5, 0.6) is 0 Å². The van der Waals surface area contributed by atoms with Crippen molar-refractivity contribution in [1.29, 1.82) is 0 Å². The number of hydrogen-bond acceptors (Lipinski definition) is 3. The average molecular weight is 351 g/mol. The summed E-state index contributed by atoms with van der Waals surface area (Å²) in [6, 6.07) is 15.2. The monoisotopic (exact) mass is 351 g/mol. The molecule has 1 amide bonds. The van der Waals surface area contributed by atoms with E-state index in [1.165, 1.54) is 37.7 Å². The number of anilines is 1. The van der Waals surface area contributed by atoms with Crippen LogP contribution >= 0.6 is 0 Å². The van der Waals surface area contributed by atoms with Crippen molar-refractivity contribution < 1.29 is 4.79 Å². The lowest BCUT2D eigenvalue weighted by atomic mass is 10.1. The molecule has 1 unspecified atom stereocenters. The fourth-order valence-electron chi connectivity index (χ4n) is 4.63. The van der Waals surface area contributed by atoms with Gasteiger partial charge in [0.15, 0.2) is 0 Å². The van der Waals surface area contributed by atoms with Gasteiger partial charge in [-0.15, -0.1) is 0 Å². The van der Waals surface area contributed by atoms with Crippen LogP contribution in [0.4, 0.5) is 5.69 Å². The Labute approximate surface area is 156 Å². The van der Waals surface area contributed by atoms with Crippen molar-refractivity contribution in [2.45, 2.75) is 32.2 Å². The molecule has 2 fully saturated rings. The van der Waals surface area contributed by atoms with Crippen molar-refractivity contribution >= 4 is 22.4 Å². The molecule has 2 aliphatic heterocycles. The number of fused-ring (bicyclic) bond motifs is 2. The second-order valence-electron chi connectivity index (χ2n) is 7.56. The van der Waals surface area contributed by atoms with Crippen LogP contribution in [-0.4, -0.2) is 61.0 Å². The first kappa shape index (κ1) is 17.5. The molecule has 0 radical (unpaired) electrons. The summed E-state index contributed by atoms with van der Waals surface area (Å²) in [5, 5.41) is 2.34. The quantitative estimate of drug-likeness (QED) is 0.845. The molecular formula is C22H29N3O. The number of hydrogen-bond donors (Lipinski definition) is 0. The zero-order valence-corrected chi connectivity index (χ0v) is 15.7. The zero-order valence-electron chi connectivity index (χ0n) is 15.7. The summed E-state index contributed by atoms with van der Waals surface area (Å²) in [5.74, 6) is 0.218. The van der Waals surface area contributed by atoms with Gasteiger partial charge in [-0.3, -0.25) is 14.6 Å². The largest absolute Gasteiger partial charge is 0.311 e. The summed E-state index contributed by atoms with van der Waals surface area (Å²) in [5.41, 5.74) is 1.04. The number of carbonyl (C=O) groups is 1. The van der Waals surface area contributed by atoms with Crippen molar-refractivity contribution in [2.75, 3.05) is 44.2 Å².